The Morgan fingerprint density at radius 2 is 2.00 bits per heavy atom. The van der Waals surface area contributed by atoms with Crippen LogP contribution in [0, 0.1) is 0 Å². The van der Waals surface area contributed by atoms with Gasteiger partial charge >= 0.3 is 0 Å². The number of hydrogen-bond acceptors (Lipinski definition) is 3. The van der Waals surface area contributed by atoms with E-state index >= 15 is 0 Å². The molecule has 0 bridgehead atoms. The minimum absolute atomic E-state index is 0.0701. The van der Waals surface area contributed by atoms with Crippen LogP contribution in [-0.4, -0.2) is 24.1 Å². The second kappa shape index (κ2) is 1.94. The molecule has 1 aliphatic rings. The number of hydroxylamine groups is 2. The van der Waals surface area contributed by atoms with E-state index in [1.54, 1.807) is 7.11 Å². The summed E-state index contributed by atoms with van der Waals surface area (Å²) in [5, 5.41) is 1.81. The van der Waals surface area contributed by atoms with Crippen molar-refractivity contribution in [2.24, 2.45) is 0 Å². The van der Waals surface area contributed by atoms with E-state index in [2.05, 4.69) is 20.8 Å². The minimum Gasteiger partial charge on any atom is -0.340 e. The Hall–Kier alpha value is -0.120. The predicted molar refractivity (Wildman–Crippen MR) is 33.5 cm³/mol. The lowest BCUT2D eigenvalue weighted by Gasteiger charge is -2.15. The Balaban J connectivity index is 2.33. The zero-order valence-electron chi connectivity index (χ0n) is 6.34. The number of methoxy groups -OCH3 is 1. The van der Waals surface area contributed by atoms with Crippen LogP contribution in [0.1, 0.15) is 20.8 Å². The van der Waals surface area contributed by atoms with Crippen LogP contribution in [0.4, 0.5) is 0 Å². The summed E-state index contributed by atoms with van der Waals surface area (Å²) in [5.41, 5.74) is 0.0701. The Kier molecular flexibility index (Phi) is 1.50. The molecule has 54 valence electrons. The largest absolute Gasteiger partial charge is 0.340 e. The first-order valence-corrected chi connectivity index (χ1v) is 3.04. The average Bonchev–Trinajstić information content (AvgIpc) is 2.39. The summed E-state index contributed by atoms with van der Waals surface area (Å²) in [6.45, 7) is 6.23. The fourth-order valence-corrected chi connectivity index (χ4v) is 0.683. The van der Waals surface area contributed by atoms with Crippen molar-refractivity contribution in [3.63, 3.8) is 0 Å². The van der Waals surface area contributed by atoms with Crippen LogP contribution >= 0.6 is 0 Å². The molecule has 3 heteroatoms. The molecule has 0 radical (unpaired) electrons. The van der Waals surface area contributed by atoms with Crippen molar-refractivity contribution >= 4 is 0 Å². The first kappa shape index (κ1) is 6.99. The lowest BCUT2D eigenvalue weighted by molar-refractivity contribution is 0.0941. The first-order chi connectivity index (χ1) is 4.05. The standard InChI is InChI=1S/C6H13NO2/c1-6(2,3)7-5(8-4)9-7/h5H,1-4H3. The molecular weight excluding hydrogens is 118 g/mol. The molecular formula is C6H13NO2. The average molecular weight is 131 g/mol. The molecule has 0 aromatic rings. The van der Waals surface area contributed by atoms with Crippen LogP contribution < -0.4 is 0 Å². The van der Waals surface area contributed by atoms with Gasteiger partial charge in [0.2, 0.25) is 0 Å². The van der Waals surface area contributed by atoms with Crippen LogP contribution in [-0.2, 0) is 9.57 Å². The van der Waals surface area contributed by atoms with E-state index in [4.69, 9.17) is 9.57 Å². The molecule has 0 aromatic heterocycles. The molecule has 0 saturated carbocycles. The number of hydrogen-bond donors (Lipinski definition) is 0. The molecule has 1 fully saturated rings. The normalized spacial score (nSPS) is 34.7. The third-order valence-electron chi connectivity index (χ3n) is 1.21. The van der Waals surface area contributed by atoms with Crippen molar-refractivity contribution in [3.8, 4) is 0 Å². The molecule has 2 atom stereocenters. The third-order valence-corrected chi connectivity index (χ3v) is 1.21. The lowest BCUT2D eigenvalue weighted by atomic mass is 10.1. The number of rotatable bonds is 1. The Bertz CT molecular complexity index is 108. The van der Waals surface area contributed by atoms with Gasteiger partial charge in [-0.25, -0.2) is 4.84 Å². The van der Waals surface area contributed by atoms with Gasteiger partial charge in [-0.2, -0.15) is 0 Å². The monoisotopic (exact) mass is 131 g/mol. The summed E-state index contributed by atoms with van der Waals surface area (Å²) < 4.78 is 4.90. The van der Waals surface area contributed by atoms with Gasteiger partial charge < -0.3 is 4.74 Å². The number of ether oxygens (including phenoxy) is 1. The highest BCUT2D eigenvalue weighted by Gasteiger charge is 2.45. The summed E-state index contributed by atoms with van der Waals surface area (Å²) in [6, 6.07) is 0. The van der Waals surface area contributed by atoms with Crippen LogP contribution in [0.5, 0.6) is 0 Å². The van der Waals surface area contributed by atoms with E-state index in [1.165, 1.54) is 0 Å². The summed E-state index contributed by atoms with van der Waals surface area (Å²) in [5.74, 6) is 0. The van der Waals surface area contributed by atoms with Crippen molar-refractivity contribution in [2.45, 2.75) is 32.7 Å². The third kappa shape index (κ3) is 1.41. The first-order valence-electron chi connectivity index (χ1n) is 3.04. The van der Waals surface area contributed by atoms with Gasteiger partial charge in [0, 0.05) is 12.6 Å². The maximum atomic E-state index is 5.04. The highest BCUT2D eigenvalue weighted by atomic mass is 17.0. The fraction of sp³-hybridized carbons (Fsp3) is 1.00. The van der Waals surface area contributed by atoms with E-state index in [0.717, 1.165) is 0 Å². The molecule has 0 N–H and O–H groups in total. The maximum Gasteiger partial charge on any atom is 0.259 e. The molecule has 1 saturated heterocycles. The van der Waals surface area contributed by atoms with Crippen LogP contribution in [0.25, 0.3) is 0 Å². The predicted octanol–water partition coefficient (Wildman–Crippen LogP) is 0.962. The minimum atomic E-state index is -0.106. The molecule has 1 aliphatic heterocycles. The molecule has 9 heavy (non-hydrogen) atoms. The molecule has 1 rings (SSSR count). The second-order valence-corrected chi connectivity index (χ2v) is 3.14. The van der Waals surface area contributed by atoms with Gasteiger partial charge in [0.1, 0.15) is 0 Å². The Morgan fingerprint density at radius 1 is 1.44 bits per heavy atom. The van der Waals surface area contributed by atoms with Crippen molar-refractivity contribution in [2.75, 3.05) is 7.11 Å². The molecule has 2 unspecified atom stereocenters. The smallest absolute Gasteiger partial charge is 0.259 e. The number of nitrogens with zero attached hydrogens (tertiary/aromatic N) is 1. The maximum absolute atomic E-state index is 5.04. The van der Waals surface area contributed by atoms with Crippen LogP contribution in [0.15, 0.2) is 0 Å². The molecule has 0 spiro atoms. The topological polar surface area (TPSA) is 24.8 Å². The van der Waals surface area contributed by atoms with Crippen molar-refractivity contribution in [3.05, 3.63) is 0 Å². The fourth-order valence-electron chi connectivity index (χ4n) is 0.683. The van der Waals surface area contributed by atoms with Crippen molar-refractivity contribution in [1.29, 1.82) is 0 Å². The Morgan fingerprint density at radius 3 is 2.11 bits per heavy atom. The van der Waals surface area contributed by atoms with Crippen LogP contribution in [0.3, 0.4) is 0 Å². The summed E-state index contributed by atoms with van der Waals surface area (Å²) in [6.07, 6.45) is -0.106. The Labute approximate surface area is 55.5 Å². The highest BCUT2D eigenvalue weighted by Crippen LogP contribution is 2.30. The summed E-state index contributed by atoms with van der Waals surface area (Å²) in [4.78, 5) is 5.04. The van der Waals surface area contributed by atoms with Gasteiger partial charge in [-0.05, 0) is 20.8 Å². The van der Waals surface area contributed by atoms with E-state index in [-0.39, 0.29) is 12.0 Å². The van der Waals surface area contributed by atoms with Gasteiger partial charge in [-0.15, -0.1) is 5.06 Å². The molecule has 0 aromatic carbocycles. The zero-order valence-corrected chi connectivity index (χ0v) is 6.34. The molecule has 1 heterocycles. The molecule has 0 aliphatic carbocycles. The lowest BCUT2D eigenvalue weighted by Crippen LogP contribution is -2.27. The summed E-state index contributed by atoms with van der Waals surface area (Å²) in [7, 11) is 1.64. The van der Waals surface area contributed by atoms with Crippen LogP contribution in [0.2, 0.25) is 0 Å². The zero-order chi connectivity index (χ0) is 7.07. The molecule has 3 nitrogen and oxygen atoms in total. The van der Waals surface area contributed by atoms with E-state index < -0.39 is 0 Å². The SMILES string of the molecule is COC1ON1C(C)(C)C. The molecule has 0 amide bonds. The van der Waals surface area contributed by atoms with Gasteiger partial charge in [-0.1, -0.05) is 0 Å². The second-order valence-electron chi connectivity index (χ2n) is 3.14. The van der Waals surface area contributed by atoms with E-state index in [9.17, 15) is 0 Å². The van der Waals surface area contributed by atoms with E-state index in [1.807, 2.05) is 5.06 Å². The summed E-state index contributed by atoms with van der Waals surface area (Å²) >= 11 is 0. The van der Waals surface area contributed by atoms with Gasteiger partial charge in [0.15, 0.2) is 0 Å². The highest BCUT2D eigenvalue weighted by molar-refractivity contribution is 4.75. The van der Waals surface area contributed by atoms with Crippen molar-refractivity contribution in [1.82, 2.24) is 5.06 Å². The van der Waals surface area contributed by atoms with Gasteiger partial charge in [0.25, 0.3) is 6.41 Å². The van der Waals surface area contributed by atoms with Gasteiger partial charge in [-0.3, -0.25) is 0 Å². The van der Waals surface area contributed by atoms with Crippen molar-refractivity contribution < 1.29 is 9.57 Å². The quantitative estimate of drug-likeness (QED) is 0.495. The van der Waals surface area contributed by atoms with Gasteiger partial charge in [0.05, 0.1) is 0 Å². The van der Waals surface area contributed by atoms with E-state index in [0.29, 0.717) is 0 Å².